The van der Waals surface area contributed by atoms with Crippen molar-refractivity contribution >= 4 is 17.3 Å². The minimum absolute atomic E-state index is 0. The van der Waals surface area contributed by atoms with Gasteiger partial charge >= 0.3 is 17.1 Å². The summed E-state index contributed by atoms with van der Waals surface area (Å²) in [5, 5.41) is 10.7. The van der Waals surface area contributed by atoms with Gasteiger partial charge in [0.25, 0.3) is 0 Å². The number of aliphatic hydroxyl groups excluding tert-OH is 1. The quantitative estimate of drug-likeness (QED) is 0.303. The third-order valence-corrected chi connectivity index (χ3v) is 5.60. The fraction of sp³-hybridized carbons (Fsp3) is 0.286. The molecule has 1 N–H and O–H groups in total. The van der Waals surface area contributed by atoms with E-state index in [-0.39, 0.29) is 40.5 Å². The maximum Gasteiger partial charge on any atom is 2.00 e. The van der Waals surface area contributed by atoms with Crippen LogP contribution >= 0.6 is 0 Å². The molecule has 3 aliphatic carbocycles. The third-order valence-electron chi connectivity index (χ3n) is 5.60. The molecule has 0 unspecified atom stereocenters. The van der Waals surface area contributed by atoms with Crippen LogP contribution in [0.5, 0.6) is 0 Å². The van der Waals surface area contributed by atoms with Crippen molar-refractivity contribution in [1.29, 1.82) is 0 Å². The molecule has 4 rings (SSSR count). The number of Topliss-reactive ketones (excluding diaryl/α,β-unsaturated/α-hetero) is 2. The number of rotatable bonds is 9. The first-order valence-electron chi connectivity index (χ1n) is 11.3. The second-order valence-corrected chi connectivity index (χ2v) is 8.06. The first-order valence-corrected chi connectivity index (χ1v) is 11.3. The molecule has 1 aromatic rings. The molecule has 0 aliphatic heterocycles. The summed E-state index contributed by atoms with van der Waals surface area (Å²) in [6.07, 6.45) is 22.6. The number of benzene rings is 1. The molecule has 0 atom stereocenters. The van der Waals surface area contributed by atoms with E-state index in [2.05, 4.69) is 24.7 Å². The minimum atomic E-state index is -0.590. The normalized spacial score (nSPS) is 18.2. The van der Waals surface area contributed by atoms with Gasteiger partial charge in [0, 0.05) is 24.2 Å². The molecule has 3 aliphatic rings. The van der Waals surface area contributed by atoms with Crippen LogP contribution in [-0.2, 0) is 21.9 Å². The van der Waals surface area contributed by atoms with E-state index < -0.39 is 11.6 Å². The van der Waals surface area contributed by atoms with Gasteiger partial charge in [0.05, 0.1) is 5.57 Å². The molecule has 1 aromatic carbocycles. The maximum atomic E-state index is 12.6. The molecular weight excluding hydrogens is 454 g/mol. The van der Waals surface area contributed by atoms with Crippen molar-refractivity contribution in [2.75, 3.05) is 19.6 Å². The topological polar surface area (TPSA) is 57.6 Å². The molecule has 2 fully saturated rings. The second kappa shape index (κ2) is 14.8. The van der Waals surface area contributed by atoms with Crippen LogP contribution in [0, 0.1) is 63.7 Å². The van der Waals surface area contributed by atoms with Crippen molar-refractivity contribution < 1.29 is 31.8 Å². The Hall–Kier alpha value is -1.42. The molecule has 0 heterocycles. The Balaban J connectivity index is 0.000000568. The van der Waals surface area contributed by atoms with Gasteiger partial charge in [-0.15, -0.1) is 0 Å². The fourth-order valence-corrected chi connectivity index (χ4v) is 3.86. The number of hydrogen-bond acceptors (Lipinski definition) is 4. The molecule has 0 saturated heterocycles. The van der Waals surface area contributed by atoms with E-state index in [1.54, 1.807) is 24.3 Å². The van der Waals surface area contributed by atoms with Crippen LogP contribution in [0.1, 0.15) is 48.5 Å². The van der Waals surface area contributed by atoms with E-state index in [0.29, 0.717) is 12.1 Å². The molecular formula is C28H31FeNO3+2. The monoisotopic (exact) mass is 485 g/mol. The average molecular weight is 485 g/mol. The first kappa shape index (κ1) is 27.8. The Kier molecular flexibility index (Phi) is 12.4. The van der Waals surface area contributed by atoms with Gasteiger partial charge in [-0.3, -0.25) is 14.5 Å². The van der Waals surface area contributed by atoms with Crippen molar-refractivity contribution in [1.82, 2.24) is 4.90 Å². The van der Waals surface area contributed by atoms with Crippen LogP contribution in [0.4, 0.5) is 0 Å². The largest absolute Gasteiger partial charge is 2.00 e. The van der Waals surface area contributed by atoms with E-state index in [4.69, 9.17) is 0 Å². The summed E-state index contributed by atoms with van der Waals surface area (Å²) in [4.78, 5) is 27.2. The van der Waals surface area contributed by atoms with Crippen molar-refractivity contribution in [3.05, 3.63) is 105 Å². The number of carbonyl (C=O) groups is 2. The number of ketones is 2. The van der Waals surface area contributed by atoms with Gasteiger partial charge in [-0.2, -0.15) is 0 Å². The Morgan fingerprint density at radius 2 is 1.36 bits per heavy atom. The smallest absolute Gasteiger partial charge is 0.507 e. The maximum absolute atomic E-state index is 12.6. The molecule has 172 valence electrons. The molecule has 2 saturated carbocycles. The van der Waals surface area contributed by atoms with Crippen molar-refractivity contribution in [2.45, 2.75) is 32.6 Å². The van der Waals surface area contributed by atoms with Gasteiger partial charge in [0.15, 0.2) is 0 Å². The zero-order valence-electron chi connectivity index (χ0n) is 19.0. The zero-order chi connectivity index (χ0) is 22.8. The molecule has 0 aromatic heterocycles. The van der Waals surface area contributed by atoms with Gasteiger partial charge in [-0.1, -0.05) is 50.5 Å². The van der Waals surface area contributed by atoms with E-state index in [0.717, 1.165) is 19.4 Å². The summed E-state index contributed by atoms with van der Waals surface area (Å²) < 4.78 is 0. The molecule has 0 spiro atoms. The fourth-order valence-electron chi connectivity index (χ4n) is 3.86. The predicted molar refractivity (Wildman–Crippen MR) is 128 cm³/mol. The summed E-state index contributed by atoms with van der Waals surface area (Å²) in [5.74, 6) is -0.0123. The SMILES string of the molecule is CCCCCCN(C[C]1[CH][CH][CH][CH]1)CC1=C(O)c2ccccc2C(=O)C1=O.[CH]1[CH][CH][CH][CH]1.[Fe+2]. The van der Waals surface area contributed by atoms with E-state index >= 15 is 0 Å². The van der Waals surface area contributed by atoms with Gasteiger partial charge < -0.3 is 5.11 Å². The van der Waals surface area contributed by atoms with Crippen LogP contribution in [0.2, 0.25) is 0 Å². The predicted octanol–water partition coefficient (Wildman–Crippen LogP) is 5.03. The summed E-state index contributed by atoms with van der Waals surface area (Å²) in [7, 11) is 0. The number of nitrogens with zero attached hydrogens (tertiary/aromatic N) is 1. The Morgan fingerprint density at radius 1 is 0.758 bits per heavy atom. The van der Waals surface area contributed by atoms with Crippen LogP contribution in [-0.4, -0.2) is 41.2 Å². The number of aliphatic hydroxyl groups is 1. The van der Waals surface area contributed by atoms with Gasteiger partial charge in [0.1, 0.15) is 5.76 Å². The first-order chi connectivity index (χ1) is 15.6. The number of fused-ring (bicyclic) bond motifs is 1. The van der Waals surface area contributed by atoms with Gasteiger partial charge in [0.2, 0.25) is 11.6 Å². The average Bonchev–Trinajstić information content (AvgIpc) is 3.55. The molecule has 4 nitrogen and oxygen atoms in total. The van der Waals surface area contributed by atoms with Crippen LogP contribution in [0.15, 0.2) is 29.8 Å². The molecule has 10 radical (unpaired) electrons. The van der Waals surface area contributed by atoms with Crippen LogP contribution < -0.4 is 0 Å². The zero-order valence-corrected chi connectivity index (χ0v) is 20.1. The Bertz CT molecular complexity index is 786. The summed E-state index contributed by atoms with van der Waals surface area (Å²) in [6.45, 7) is 3.97. The summed E-state index contributed by atoms with van der Waals surface area (Å²) in [5.41, 5.74) is 0.950. The Morgan fingerprint density at radius 3 is 1.97 bits per heavy atom. The van der Waals surface area contributed by atoms with Crippen molar-refractivity contribution in [3.8, 4) is 0 Å². The molecule has 33 heavy (non-hydrogen) atoms. The number of hydrogen-bond donors (Lipinski definition) is 1. The summed E-state index contributed by atoms with van der Waals surface area (Å²) in [6, 6.07) is 6.76. The summed E-state index contributed by atoms with van der Waals surface area (Å²) >= 11 is 0. The van der Waals surface area contributed by atoms with Crippen LogP contribution in [0.25, 0.3) is 5.76 Å². The second-order valence-electron chi connectivity index (χ2n) is 8.06. The van der Waals surface area contributed by atoms with Crippen molar-refractivity contribution in [2.24, 2.45) is 0 Å². The van der Waals surface area contributed by atoms with Crippen LogP contribution in [0.3, 0.4) is 0 Å². The van der Waals surface area contributed by atoms with E-state index in [9.17, 15) is 14.7 Å². The molecule has 5 heteroatoms. The minimum Gasteiger partial charge on any atom is -0.507 e. The van der Waals surface area contributed by atoms with E-state index in [1.807, 2.05) is 44.9 Å². The van der Waals surface area contributed by atoms with Gasteiger partial charge in [-0.05, 0) is 76.7 Å². The van der Waals surface area contributed by atoms with E-state index in [1.165, 1.54) is 18.8 Å². The molecule has 0 amide bonds. The van der Waals surface area contributed by atoms with Gasteiger partial charge in [-0.25, -0.2) is 0 Å². The molecule has 0 bridgehead atoms. The Labute approximate surface area is 210 Å². The standard InChI is InChI=1S/C23H26NO3.C5H5.Fe/c1-2-3-4-9-14-24(15-17-10-5-6-11-17)16-20-21(25)18-12-7-8-13-19(18)22(26)23(20)27;1-2-4-5-3-1;/h5-8,10-13,25H,2-4,9,14-16H2,1H3;1-5H;/q;;+2. The van der Waals surface area contributed by atoms with Crippen molar-refractivity contribution in [3.63, 3.8) is 0 Å². The number of carbonyl (C=O) groups excluding carboxylic acids is 2. The number of unbranched alkanes of at least 4 members (excludes halogenated alkanes) is 3. The third kappa shape index (κ3) is 8.09.